The van der Waals surface area contributed by atoms with E-state index in [0.717, 1.165) is 23.6 Å². The fraction of sp³-hybridized carbons (Fsp3) is 0.375. The molecule has 0 aliphatic rings. The zero-order valence-corrected chi connectivity index (χ0v) is 12.6. The van der Waals surface area contributed by atoms with E-state index in [-0.39, 0.29) is 0 Å². The molecule has 0 saturated carbocycles. The molecule has 0 amide bonds. The van der Waals surface area contributed by atoms with Gasteiger partial charge in [-0.15, -0.1) is 0 Å². The standard InChI is InChI=1S/C16H22N4/c1-5-12(3)17-16-18-13(4)10-15(20-16)19-14-9-7-6-8-11(14)2/h6-10,12H,5H2,1-4H3,(H2,17,18,19,20). The van der Waals surface area contributed by atoms with Gasteiger partial charge in [0, 0.05) is 23.5 Å². The second-order valence-electron chi connectivity index (χ2n) is 5.11. The smallest absolute Gasteiger partial charge is 0.225 e. The first-order chi connectivity index (χ1) is 9.58. The molecule has 2 aromatic rings. The van der Waals surface area contributed by atoms with Crippen molar-refractivity contribution in [3.05, 3.63) is 41.6 Å². The topological polar surface area (TPSA) is 49.8 Å². The van der Waals surface area contributed by atoms with E-state index in [4.69, 9.17) is 0 Å². The highest BCUT2D eigenvalue weighted by atomic mass is 15.2. The Bertz CT molecular complexity index is 580. The summed E-state index contributed by atoms with van der Waals surface area (Å²) < 4.78 is 0. The van der Waals surface area contributed by atoms with Crippen molar-refractivity contribution < 1.29 is 0 Å². The average molecular weight is 270 g/mol. The SMILES string of the molecule is CCC(C)Nc1nc(C)cc(Nc2ccccc2C)n1. The van der Waals surface area contributed by atoms with Crippen LogP contribution in [0.1, 0.15) is 31.5 Å². The van der Waals surface area contributed by atoms with Gasteiger partial charge >= 0.3 is 0 Å². The molecule has 1 aromatic carbocycles. The number of anilines is 3. The largest absolute Gasteiger partial charge is 0.352 e. The summed E-state index contributed by atoms with van der Waals surface area (Å²) in [4.78, 5) is 8.95. The molecule has 0 saturated heterocycles. The van der Waals surface area contributed by atoms with Crippen LogP contribution in [-0.2, 0) is 0 Å². The molecule has 106 valence electrons. The summed E-state index contributed by atoms with van der Waals surface area (Å²) in [5.74, 6) is 1.49. The Morgan fingerprint density at radius 2 is 1.90 bits per heavy atom. The van der Waals surface area contributed by atoms with E-state index in [1.165, 1.54) is 5.56 Å². The van der Waals surface area contributed by atoms with Gasteiger partial charge in [-0.3, -0.25) is 0 Å². The van der Waals surface area contributed by atoms with Crippen LogP contribution in [-0.4, -0.2) is 16.0 Å². The fourth-order valence-electron chi connectivity index (χ4n) is 1.87. The van der Waals surface area contributed by atoms with Crippen LogP contribution in [0.5, 0.6) is 0 Å². The zero-order chi connectivity index (χ0) is 14.5. The highest BCUT2D eigenvalue weighted by Crippen LogP contribution is 2.20. The van der Waals surface area contributed by atoms with E-state index in [1.807, 2.05) is 25.1 Å². The molecule has 20 heavy (non-hydrogen) atoms. The van der Waals surface area contributed by atoms with E-state index < -0.39 is 0 Å². The van der Waals surface area contributed by atoms with Crippen molar-refractivity contribution >= 4 is 17.5 Å². The molecule has 4 heteroatoms. The lowest BCUT2D eigenvalue weighted by Crippen LogP contribution is -2.16. The van der Waals surface area contributed by atoms with Gasteiger partial charge in [-0.05, 0) is 38.8 Å². The van der Waals surface area contributed by atoms with E-state index in [1.54, 1.807) is 0 Å². The molecule has 0 radical (unpaired) electrons. The number of nitrogens with one attached hydrogen (secondary N) is 2. The number of rotatable bonds is 5. The lowest BCUT2D eigenvalue weighted by molar-refractivity contribution is 0.752. The molecule has 0 aliphatic heterocycles. The van der Waals surface area contributed by atoms with Crippen molar-refractivity contribution in [2.45, 2.75) is 40.2 Å². The van der Waals surface area contributed by atoms with Crippen LogP contribution in [0, 0.1) is 13.8 Å². The molecule has 1 aromatic heterocycles. The Balaban J connectivity index is 2.22. The predicted molar refractivity (Wildman–Crippen MR) is 84.6 cm³/mol. The minimum atomic E-state index is 0.364. The fourth-order valence-corrected chi connectivity index (χ4v) is 1.87. The normalized spacial score (nSPS) is 12.0. The van der Waals surface area contributed by atoms with Gasteiger partial charge in [-0.1, -0.05) is 25.1 Å². The third kappa shape index (κ3) is 3.70. The summed E-state index contributed by atoms with van der Waals surface area (Å²) in [5.41, 5.74) is 3.21. The lowest BCUT2D eigenvalue weighted by atomic mass is 10.2. The average Bonchev–Trinajstić information content (AvgIpc) is 2.40. The van der Waals surface area contributed by atoms with E-state index in [0.29, 0.717) is 12.0 Å². The molecule has 0 spiro atoms. The quantitative estimate of drug-likeness (QED) is 0.860. The van der Waals surface area contributed by atoms with Gasteiger partial charge in [0.05, 0.1) is 0 Å². The maximum absolute atomic E-state index is 4.52. The Labute approximate surface area is 120 Å². The molecule has 4 nitrogen and oxygen atoms in total. The lowest BCUT2D eigenvalue weighted by Gasteiger charge is -2.14. The number of nitrogens with zero attached hydrogens (tertiary/aromatic N) is 2. The molecular weight excluding hydrogens is 248 g/mol. The number of hydrogen-bond acceptors (Lipinski definition) is 4. The molecule has 0 bridgehead atoms. The van der Waals surface area contributed by atoms with Crippen LogP contribution in [0.25, 0.3) is 0 Å². The van der Waals surface area contributed by atoms with Gasteiger partial charge in [0.15, 0.2) is 0 Å². The molecule has 1 atom stereocenters. The first kappa shape index (κ1) is 14.3. The molecule has 1 heterocycles. The van der Waals surface area contributed by atoms with Gasteiger partial charge in [-0.2, -0.15) is 4.98 Å². The van der Waals surface area contributed by atoms with Crippen molar-refractivity contribution in [2.24, 2.45) is 0 Å². The van der Waals surface area contributed by atoms with Gasteiger partial charge in [0.1, 0.15) is 5.82 Å². The molecule has 2 N–H and O–H groups in total. The summed E-state index contributed by atoms with van der Waals surface area (Å²) in [6.07, 6.45) is 1.04. The van der Waals surface area contributed by atoms with Crippen molar-refractivity contribution in [3.63, 3.8) is 0 Å². The highest BCUT2D eigenvalue weighted by Gasteiger charge is 2.06. The summed E-state index contributed by atoms with van der Waals surface area (Å²) >= 11 is 0. The van der Waals surface area contributed by atoms with E-state index in [2.05, 4.69) is 53.5 Å². The Kier molecular flexibility index (Phi) is 4.56. The summed E-state index contributed by atoms with van der Waals surface area (Å²) in [6, 6.07) is 10.5. The van der Waals surface area contributed by atoms with Crippen LogP contribution >= 0.6 is 0 Å². The second-order valence-corrected chi connectivity index (χ2v) is 5.11. The van der Waals surface area contributed by atoms with Crippen molar-refractivity contribution in [1.29, 1.82) is 0 Å². The second kappa shape index (κ2) is 6.37. The Morgan fingerprint density at radius 1 is 1.15 bits per heavy atom. The molecule has 0 fully saturated rings. The van der Waals surface area contributed by atoms with Gasteiger partial charge in [0.25, 0.3) is 0 Å². The molecule has 0 aliphatic carbocycles. The van der Waals surface area contributed by atoms with Gasteiger partial charge in [-0.25, -0.2) is 4.98 Å². The summed E-state index contributed by atoms with van der Waals surface area (Å²) in [6.45, 7) is 8.32. The zero-order valence-electron chi connectivity index (χ0n) is 12.6. The van der Waals surface area contributed by atoms with Crippen LogP contribution in [0.4, 0.5) is 17.5 Å². The maximum atomic E-state index is 4.52. The van der Waals surface area contributed by atoms with Crippen LogP contribution in [0.15, 0.2) is 30.3 Å². The maximum Gasteiger partial charge on any atom is 0.225 e. The number of aromatic nitrogens is 2. The van der Waals surface area contributed by atoms with Crippen molar-refractivity contribution in [1.82, 2.24) is 9.97 Å². The first-order valence-electron chi connectivity index (χ1n) is 7.03. The van der Waals surface area contributed by atoms with Crippen LogP contribution < -0.4 is 10.6 Å². The first-order valence-corrected chi connectivity index (χ1v) is 7.03. The minimum absolute atomic E-state index is 0.364. The molecular formula is C16H22N4. The van der Waals surface area contributed by atoms with E-state index >= 15 is 0 Å². The number of para-hydroxylation sites is 1. The minimum Gasteiger partial charge on any atom is -0.352 e. The number of hydrogen-bond donors (Lipinski definition) is 2. The predicted octanol–water partition coefficient (Wildman–Crippen LogP) is 4.05. The Morgan fingerprint density at radius 3 is 2.60 bits per heavy atom. The van der Waals surface area contributed by atoms with Crippen LogP contribution in [0.2, 0.25) is 0 Å². The van der Waals surface area contributed by atoms with E-state index in [9.17, 15) is 0 Å². The van der Waals surface area contributed by atoms with Gasteiger partial charge < -0.3 is 10.6 Å². The highest BCUT2D eigenvalue weighted by molar-refractivity contribution is 5.61. The number of aryl methyl sites for hydroxylation is 2. The molecule has 1 unspecified atom stereocenters. The third-order valence-electron chi connectivity index (χ3n) is 3.25. The molecule has 2 rings (SSSR count). The Hall–Kier alpha value is -2.10. The summed E-state index contributed by atoms with van der Waals surface area (Å²) in [5, 5.41) is 6.66. The van der Waals surface area contributed by atoms with Crippen molar-refractivity contribution in [2.75, 3.05) is 10.6 Å². The van der Waals surface area contributed by atoms with Crippen LogP contribution in [0.3, 0.4) is 0 Å². The third-order valence-corrected chi connectivity index (χ3v) is 3.25. The van der Waals surface area contributed by atoms with Gasteiger partial charge in [0.2, 0.25) is 5.95 Å². The number of benzene rings is 1. The van der Waals surface area contributed by atoms with Crippen molar-refractivity contribution in [3.8, 4) is 0 Å². The monoisotopic (exact) mass is 270 g/mol. The summed E-state index contributed by atoms with van der Waals surface area (Å²) in [7, 11) is 0.